The van der Waals surface area contributed by atoms with Gasteiger partial charge in [-0.15, -0.1) is 11.6 Å². The second-order valence-corrected chi connectivity index (χ2v) is 5.00. The monoisotopic (exact) mass is 315 g/mol. The highest BCUT2D eigenvalue weighted by Gasteiger charge is 2.09. The number of benzene rings is 1. The Morgan fingerprint density at radius 3 is 2.68 bits per heavy atom. The summed E-state index contributed by atoms with van der Waals surface area (Å²) < 4.78 is 5.69. The first-order valence-corrected chi connectivity index (χ1v) is 7.10. The van der Waals surface area contributed by atoms with Gasteiger partial charge in [0, 0.05) is 17.6 Å². The smallest absolute Gasteiger partial charge is 0.219 e. The van der Waals surface area contributed by atoms with Gasteiger partial charge in [0.25, 0.3) is 0 Å². The standard InChI is InChI=1S/C14H12Cl3NO/c1-2-10-6-9(8-15)7-13(18-10)19-12-5-3-4-11(16)14(12)17/h3-7H,2,8H2,1H3. The summed E-state index contributed by atoms with van der Waals surface area (Å²) in [6.07, 6.45) is 0.810. The van der Waals surface area contributed by atoms with E-state index in [2.05, 4.69) is 4.98 Å². The van der Waals surface area contributed by atoms with Gasteiger partial charge in [0.15, 0.2) is 0 Å². The van der Waals surface area contributed by atoms with Crippen LogP contribution in [0.1, 0.15) is 18.2 Å². The molecule has 5 heteroatoms. The van der Waals surface area contributed by atoms with Crippen LogP contribution < -0.4 is 4.74 Å². The Morgan fingerprint density at radius 2 is 2.00 bits per heavy atom. The fraction of sp³-hybridized carbons (Fsp3) is 0.214. The molecule has 0 unspecified atom stereocenters. The second-order valence-electron chi connectivity index (χ2n) is 3.95. The van der Waals surface area contributed by atoms with Crippen molar-refractivity contribution < 1.29 is 4.74 Å². The van der Waals surface area contributed by atoms with Crippen molar-refractivity contribution >= 4 is 34.8 Å². The molecule has 1 heterocycles. The zero-order valence-electron chi connectivity index (χ0n) is 10.3. The first-order valence-electron chi connectivity index (χ1n) is 5.81. The molecule has 1 aromatic heterocycles. The third-order valence-corrected chi connectivity index (χ3v) is 3.67. The Labute approximate surface area is 127 Å². The lowest BCUT2D eigenvalue weighted by molar-refractivity contribution is 0.460. The van der Waals surface area contributed by atoms with Gasteiger partial charge in [0.05, 0.1) is 5.02 Å². The predicted molar refractivity (Wildman–Crippen MR) is 79.7 cm³/mol. The fourth-order valence-electron chi connectivity index (χ4n) is 1.61. The van der Waals surface area contributed by atoms with Gasteiger partial charge in [-0.25, -0.2) is 4.98 Å². The molecule has 0 aliphatic heterocycles. The van der Waals surface area contributed by atoms with Gasteiger partial charge in [0.2, 0.25) is 5.88 Å². The number of aromatic nitrogens is 1. The molecule has 0 aliphatic carbocycles. The van der Waals surface area contributed by atoms with Crippen molar-refractivity contribution in [2.24, 2.45) is 0 Å². The van der Waals surface area contributed by atoms with Crippen LogP contribution in [0.2, 0.25) is 10.0 Å². The van der Waals surface area contributed by atoms with Crippen LogP contribution in [0.15, 0.2) is 30.3 Å². The number of hydrogen-bond acceptors (Lipinski definition) is 2. The summed E-state index contributed by atoms with van der Waals surface area (Å²) in [5.74, 6) is 1.37. The van der Waals surface area contributed by atoms with Crippen LogP contribution in [0.25, 0.3) is 0 Å². The van der Waals surface area contributed by atoms with Gasteiger partial charge >= 0.3 is 0 Å². The quantitative estimate of drug-likeness (QED) is 0.697. The predicted octanol–water partition coefficient (Wildman–Crippen LogP) is 5.48. The number of ether oxygens (including phenoxy) is 1. The molecular formula is C14H12Cl3NO. The minimum atomic E-state index is 0.375. The van der Waals surface area contributed by atoms with E-state index >= 15 is 0 Å². The van der Waals surface area contributed by atoms with Crippen LogP contribution in [-0.2, 0) is 12.3 Å². The number of rotatable bonds is 4. The largest absolute Gasteiger partial charge is 0.437 e. The van der Waals surface area contributed by atoms with Gasteiger partial charge in [-0.3, -0.25) is 0 Å². The van der Waals surface area contributed by atoms with Crippen molar-refractivity contribution in [2.45, 2.75) is 19.2 Å². The van der Waals surface area contributed by atoms with Crippen LogP contribution in [0.5, 0.6) is 11.6 Å². The van der Waals surface area contributed by atoms with E-state index in [4.69, 9.17) is 39.5 Å². The van der Waals surface area contributed by atoms with E-state index in [1.54, 1.807) is 24.3 Å². The molecule has 0 amide bonds. The zero-order chi connectivity index (χ0) is 13.8. The molecule has 0 fully saturated rings. The SMILES string of the molecule is CCc1cc(CCl)cc(Oc2cccc(Cl)c2Cl)n1. The van der Waals surface area contributed by atoms with Crippen molar-refractivity contribution in [3.8, 4) is 11.6 Å². The molecule has 0 radical (unpaired) electrons. The third kappa shape index (κ3) is 3.53. The lowest BCUT2D eigenvalue weighted by Gasteiger charge is -2.10. The maximum atomic E-state index is 6.08. The highest BCUT2D eigenvalue weighted by atomic mass is 35.5. The summed E-state index contributed by atoms with van der Waals surface area (Å²) in [5, 5.41) is 0.823. The molecule has 0 aliphatic rings. The normalized spacial score (nSPS) is 10.5. The molecule has 1 aromatic carbocycles. The van der Waals surface area contributed by atoms with E-state index in [1.807, 2.05) is 13.0 Å². The summed E-state index contributed by atoms with van der Waals surface area (Å²) >= 11 is 17.9. The number of pyridine rings is 1. The second kappa shape index (κ2) is 6.47. The molecule has 0 spiro atoms. The van der Waals surface area contributed by atoms with Gasteiger partial charge in [-0.05, 0) is 30.2 Å². The first-order chi connectivity index (χ1) is 9.13. The van der Waals surface area contributed by atoms with Crippen molar-refractivity contribution in [3.63, 3.8) is 0 Å². The van der Waals surface area contributed by atoms with Crippen LogP contribution >= 0.6 is 34.8 Å². The van der Waals surface area contributed by atoms with Crippen molar-refractivity contribution in [3.05, 3.63) is 51.6 Å². The number of hydrogen-bond donors (Lipinski definition) is 0. The van der Waals surface area contributed by atoms with Crippen LogP contribution in [0.3, 0.4) is 0 Å². The molecule has 2 aromatic rings. The molecule has 2 nitrogen and oxygen atoms in total. The Morgan fingerprint density at radius 1 is 1.21 bits per heavy atom. The van der Waals surface area contributed by atoms with E-state index in [1.165, 1.54) is 0 Å². The van der Waals surface area contributed by atoms with Crippen molar-refractivity contribution in [1.29, 1.82) is 0 Å². The molecule has 19 heavy (non-hydrogen) atoms. The molecule has 2 rings (SSSR count). The molecule has 0 saturated carbocycles. The maximum Gasteiger partial charge on any atom is 0.219 e. The number of nitrogens with zero attached hydrogens (tertiary/aromatic N) is 1. The average Bonchev–Trinajstić information content (AvgIpc) is 2.43. The minimum Gasteiger partial charge on any atom is -0.437 e. The summed E-state index contributed by atoms with van der Waals surface area (Å²) in [7, 11) is 0. The molecule has 0 N–H and O–H groups in total. The van der Waals surface area contributed by atoms with Gasteiger partial charge in [0.1, 0.15) is 10.8 Å². The topological polar surface area (TPSA) is 22.1 Å². The molecule has 0 atom stereocenters. The number of aryl methyl sites for hydroxylation is 1. The highest BCUT2D eigenvalue weighted by Crippen LogP contribution is 2.34. The van der Waals surface area contributed by atoms with E-state index in [-0.39, 0.29) is 0 Å². The highest BCUT2D eigenvalue weighted by molar-refractivity contribution is 6.42. The number of alkyl halides is 1. The minimum absolute atomic E-state index is 0.375. The van der Waals surface area contributed by atoms with E-state index in [0.717, 1.165) is 17.7 Å². The third-order valence-electron chi connectivity index (χ3n) is 2.56. The van der Waals surface area contributed by atoms with Crippen LogP contribution in [-0.4, -0.2) is 4.98 Å². The Balaban J connectivity index is 2.34. The first kappa shape index (κ1) is 14.4. The summed E-state index contributed by atoms with van der Waals surface area (Å²) in [4.78, 5) is 4.38. The number of halogens is 3. The maximum absolute atomic E-state index is 6.08. The van der Waals surface area contributed by atoms with Crippen LogP contribution in [0.4, 0.5) is 0 Å². The lowest BCUT2D eigenvalue weighted by Crippen LogP contribution is -1.95. The molecular weight excluding hydrogens is 305 g/mol. The Kier molecular flexibility index (Phi) is 4.92. The van der Waals surface area contributed by atoms with Gasteiger partial charge in [-0.1, -0.05) is 36.2 Å². The molecule has 0 saturated heterocycles. The van der Waals surface area contributed by atoms with E-state index in [9.17, 15) is 0 Å². The molecule has 0 bridgehead atoms. The Hall–Kier alpha value is -0.960. The van der Waals surface area contributed by atoms with E-state index < -0.39 is 0 Å². The molecule has 100 valence electrons. The fourth-order valence-corrected chi connectivity index (χ4v) is 2.09. The summed E-state index contributed by atoms with van der Waals surface area (Å²) in [5.41, 5.74) is 1.88. The van der Waals surface area contributed by atoms with Crippen molar-refractivity contribution in [2.75, 3.05) is 0 Å². The van der Waals surface area contributed by atoms with E-state index in [0.29, 0.717) is 27.6 Å². The lowest BCUT2D eigenvalue weighted by atomic mass is 10.2. The average molecular weight is 317 g/mol. The summed E-state index contributed by atoms with van der Waals surface area (Å²) in [6.45, 7) is 2.02. The van der Waals surface area contributed by atoms with Crippen molar-refractivity contribution in [1.82, 2.24) is 4.98 Å². The van der Waals surface area contributed by atoms with Crippen LogP contribution in [0, 0.1) is 0 Å². The van der Waals surface area contributed by atoms with Gasteiger partial charge < -0.3 is 4.74 Å². The van der Waals surface area contributed by atoms with Gasteiger partial charge in [-0.2, -0.15) is 0 Å². The summed E-state index contributed by atoms with van der Waals surface area (Å²) in [6, 6.07) is 8.98. The Bertz CT molecular complexity index is 565. The zero-order valence-corrected chi connectivity index (χ0v) is 12.6.